The van der Waals surface area contributed by atoms with E-state index in [4.69, 9.17) is 14.2 Å². The van der Waals surface area contributed by atoms with Crippen LogP contribution >= 0.6 is 0 Å². The average Bonchev–Trinajstić information content (AvgIpc) is 2.65. The van der Waals surface area contributed by atoms with Crippen LogP contribution in [0.15, 0.2) is 46.3 Å². The van der Waals surface area contributed by atoms with Gasteiger partial charge in [-0.15, -0.1) is 0 Å². The lowest BCUT2D eigenvalue weighted by atomic mass is 10.1. The van der Waals surface area contributed by atoms with Gasteiger partial charge in [0.25, 0.3) is 5.56 Å². The Bertz CT molecular complexity index is 918. The summed E-state index contributed by atoms with van der Waals surface area (Å²) in [5.41, 5.74) is 3.05. The SMILES string of the molecule is COc1ccc2c(OC)c(OC/C=C(\C)CCC=C(C)C)c(=O)n(C)c2c1. The molecule has 27 heavy (non-hydrogen) atoms. The Morgan fingerprint density at radius 1 is 1.07 bits per heavy atom. The molecule has 1 aromatic carbocycles. The molecule has 0 radical (unpaired) electrons. The maximum Gasteiger partial charge on any atom is 0.297 e. The van der Waals surface area contributed by atoms with Crippen molar-refractivity contribution in [3.8, 4) is 17.2 Å². The molecule has 0 N–H and O–H groups in total. The average molecular weight is 371 g/mol. The van der Waals surface area contributed by atoms with Gasteiger partial charge in [0, 0.05) is 18.5 Å². The molecule has 0 spiro atoms. The smallest absolute Gasteiger partial charge is 0.297 e. The highest BCUT2D eigenvalue weighted by atomic mass is 16.5. The zero-order valence-electron chi connectivity index (χ0n) is 17.1. The van der Waals surface area contributed by atoms with Gasteiger partial charge in [0.15, 0.2) is 5.75 Å². The van der Waals surface area contributed by atoms with Gasteiger partial charge in [0.1, 0.15) is 12.4 Å². The van der Waals surface area contributed by atoms with Crippen LogP contribution in [-0.2, 0) is 7.05 Å². The number of methoxy groups -OCH3 is 2. The van der Waals surface area contributed by atoms with Crippen LogP contribution in [0.1, 0.15) is 33.6 Å². The lowest BCUT2D eigenvalue weighted by Crippen LogP contribution is -2.21. The topological polar surface area (TPSA) is 49.7 Å². The quantitative estimate of drug-likeness (QED) is 0.635. The summed E-state index contributed by atoms with van der Waals surface area (Å²) in [7, 11) is 4.86. The largest absolute Gasteiger partial charge is 0.497 e. The fourth-order valence-electron chi connectivity index (χ4n) is 2.88. The molecular formula is C22H29NO4. The summed E-state index contributed by atoms with van der Waals surface area (Å²) < 4.78 is 18.1. The molecule has 0 aliphatic carbocycles. The molecule has 5 nitrogen and oxygen atoms in total. The molecule has 0 saturated carbocycles. The van der Waals surface area contributed by atoms with E-state index in [0.717, 1.165) is 23.7 Å². The fourth-order valence-corrected chi connectivity index (χ4v) is 2.88. The van der Waals surface area contributed by atoms with Crippen LogP contribution in [0, 0.1) is 0 Å². The van der Waals surface area contributed by atoms with E-state index in [0.29, 0.717) is 18.1 Å². The van der Waals surface area contributed by atoms with Crippen LogP contribution in [0.4, 0.5) is 0 Å². The molecule has 0 bridgehead atoms. The predicted molar refractivity (Wildman–Crippen MR) is 110 cm³/mol. The van der Waals surface area contributed by atoms with Crippen LogP contribution in [0.3, 0.4) is 0 Å². The number of benzene rings is 1. The van der Waals surface area contributed by atoms with Crippen molar-refractivity contribution in [1.82, 2.24) is 4.57 Å². The van der Waals surface area contributed by atoms with Crippen LogP contribution in [0.25, 0.3) is 10.9 Å². The Labute approximate surface area is 160 Å². The highest BCUT2D eigenvalue weighted by Gasteiger charge is 2.17. The van der Waals surface area contributed by atoms with Crippen molar-refractivity contribution >= 4 is 10.9 Å². The number of pyridine rings is 1. The highest BCUT2D eigenvalue weighted by molar-refractivity contribution is 5.89. The lowest BCUT2D eigenvalue weighted by molar-refractivity contribution is 0.321. The second-order valence-electron chi connectivity index (χ2n) is 6.79. The molecule has 1 heterocycles. The van der Waals surface area contributed by atoms with Gasteiger partial charge in [-0.3, -0.25) is 4.79 Å². The van der Waals surface area contributed by atoms with Gasteiger partial charge >= 0.3 is 0 Å². The first-order valence-corrected chi connectivity index (χ1v) is 9.05. The van der Waals surface area contributed by atoms with Gasteiger partial charge < -0.3 is 18.8 Å². The molecule has 0 saturated heterocycles. The summed E-state index contributed by atoms with van der Waals surface area (Å²) in [6.45, 7) is 6.59. The molecule has 146 valence electrons. The molecule has 0 atom stereocenters. The highest BCUT2D eigenvalue weighted by Crippen LogP contribution is 2.34. The van der Waals surface area contributed by atoms with E-state index in [1.807, 2.05) is 24.3 Å². The number of rotatable bonds is 8. The van der Waals surface area contributed by atoms with Crippen LogP contribution in [-0.4, -0.2) is 25.4 Å². The third-order valence-electron chi connectivity index (χ3n) is 4.47. The maximum atomic E-state index is 12.8. The second kappa shape index (κ2) is 9.31. The van der Waals surface area contributed by atoms with E-state index in [2.05, 4.69) is 26.8 Å². The van der Waals surface area contributed by atoms with Crippen molar-refractivity contribution < 1.29 is 14.2 Å². The summed E-state index contributed by atoms with van der Waals surface area (Å²) in [5, 5.41) is 0.805. The Morgan fingerprint density at radius 3 is 2.44 bits per heavy atom. The van der Waals surface area contributed by atoms with E-state index in [9.17, 15) is 4.79 Å². The molecule has 0 amide bonds. The summed E-state index contributed by atoms with van der Waals surface area (Å²) in [4.78, 5) is 12.8. The third-order valence-corrected chi connectivity index (χ3v) is 4.47. The van der Waals surface area contributed by atoms with E-state index >= 15 is 0 Å². The number of hydrogen-bond donors (Lipinski definition) is 0. The van der Waals surface area contributed by atoms with Gasteiger partial charge in [0.05, 0.1) is 19.7 Å². The zero-order chi connectivity index (χ0) is 20.0. The van der Waals surface area contributed by atoms with Crippen molar-refractivity contribution in [3.05, 3.63) is 51.9 Å². The Kier molecular flexibility index (Phi) is 7.11. The monoisotopic (exact) mass is 371 g/mol. The van der Waals surface area contributed by atoms with Gasteiger partial charge in [0.2, 0.25) is 5.75 Å². The summed E-state index contributed by atoms with van der Waals surface area (Å²) >= 11 is 0. The maximum absolute atomic E-state index is 12.8. The zero-order valence-corrected chi connectivity index (χ0v) is 17.1. The van der Waals surface area contributed by atoms with Gasteiger partial charge in [-0.05, 0) is 51.8 Å². The molecule has 0 aliphatic rings. The first kappa shape index (κ1) is 20.6. The fraction of sp³-hybridized carbons (Fsp3) is 0.409. The van der Waals surface area contributed by atoms with Crippen molar-refractivity contribution in [1.29, 1.82) is 0 Å². The van der Waals surface area contributed by atoms with Gasteiger partial charge in [-0.1, -0.05) is 17.2 Å². The standard InChI is InChI=1S/C22H29NO4/c1-15(2)8-7-9-16(3)12-13-27-21-20(26-6)18-11-10-17(25-5)14-19(18)23(4)22(21)24/h8,10-12,14H,7,9,13H2,1-6H3/b16-12+. The van der Waals surface area contributed by atoms with Crippen LogP contribution in [0.5, 0.6) is 17.2 Å². The van der Waals surface area contributed by atoms with Crippen molar-refractivity contribution in [3.63, 3.8) is 0 Å². The molecule has 0 unspecified atom stereocenters. The summed E-state index contributed by atoms with van der Waals surface area (Å²) in [6.07, 6.45) is 6.21. The van der Waals surface area contributed by atoms with Gasteiger partial charge in [-0.25, -0.2) is 0 Å². The first-order valence-electron chi connectivity index (χ1n) is 9.05. The van der Waals surface area contributed by atoms with E-state index in [1.165, 1.54) is 11.1 Å². The van der Waals surface area contributed by atoms with E-state index in [1.54, 1.807) is 25.8 Å². The van der Waals surface area contributed by atoms with Crippen molar-refractivity contribution in [2.24, 2.45) is 7.05 Å². The second-order valence-corrected chi connectivity index (χ2v) is 6.79. The molecule has 0 fully saturated rings. The molecule has 5 heteroatoms. The number of hydrogen-bond acceptors (Lipinski definition) is 4. The molecular weight excluding hydrogens is 342 g/mol. The summed E-state index contributed by atoms with van der Waals surface area (Å²) in [6, 6.07) is 5.53. The van der Waals surface area contributed by atoms with Crippen molar-refractivity contribution in [2.45, 2.75) is 33.6 Å². The summed E-state index contributed by atoms with van der Waals surface area (Å²) in [5.74, 6) is 1.36. The van der Waals surface area contributed by atoms with Gasteiger partial charge in [-0.2, -0.15) is 0 Å². The first-order chi connectivity index (χ1) is 12.9. The number of fused-ring (bicyclic) bond motifs is 1. The molecule has 0 aliphatic heterocycles. The van der Waals surface area contributed by atoms with Crippen LogP contribution < -0.4 is 19.8 Å². The number of nitrogens with zero attached hydrogens (tertiary/aromatic N) is 1. The predicted octanol–water partition coefficient (Wildman–Crippen LogP) is 4.63. The van der Waals surface area contributed by atoms with Crippen molar-refractivity contribution in [2.75, 3.05) is 20.8 Å². The minimum atomic E-state index is -0.233. The van der Waals surface area contributed by atoms with E-state index < -0.39 is 0 Å². The molecule has 2 rings (SSSR count). The number of allylic oxidation sites excluding steroid dienone is 3. The molecule has 1 aromatic heterocycles. The normalized spacial score (nSPS) is 11.4. The minimum Gasteiger partial charge on any atom is -0.497 e. The number of aryl methyl sites for hydroxylation is 1. The Hall–Kier alpha value is -2.69. The lowest BCUT2D eigenvalue weighted by Gasteiger charge is -2.15. The van der Waals surface area contributed by atoms with E-state index in [-0.39, 0.29) is 11.3 Å². The Morgan fingerprint density at radius 2 is 1.81 bits per heavy atom. The third kappa shape index (κ3) is 4.94. The number of ether oxygens (including phenoxy) is 3. The number of aromatic nitrogens is 1. The molecule has 2 aromatic rings. The minimum absolute atomic E-state index is 0.228. The van der Waals surface area contributed by atoms with Crippen LogP contribution in [0.2, 0.25) is 0 Å². The Balaban J connectivity index is 2.29.